The molecule has 0 aliphatic carbocycles. The van der Waals surface area contributed by atoms with E-state index < -0.39 is 7.82 Å². The first-order valence-corrected chi connectivity index (χ1v) is 16.6. The third kappa shape index (κ3) is 9.15. The van der Waals surface area contributed by atoms with E-state index in [1.54, 1.807) is 48.5 Å². The molecule has 6 nitrogen and oxygen atoms in total. The SMILES string of the molecule is CCC(c1ccc(O)cc1)C(CC)c1ccc(OP(=O)([O-])Oc2ccc(C(CC)C(CC)c3ccc(O)cc3)cc2)cc1.[Na+]. The number of phosphoric ester groups is 1. The van der Waals surface area contributed by atoms with E-state index in [0.29, 0.717) is 0 Å². The summed E-state index contributed by atoms with van der Waals surface area (Å²) in [5.74, 6) is 1.85. The smallest absolute Gasteiger partial charge is 0.736 e. The third-order valence-electron chi connectivity index (χ3n) is 8.42. The first-order chi connectivity index (χ1) is 20.7. The molecule has 2 N–H and O–H groups in total. The van der Waals surface area contributed by atoms with E-state index in [4.69, 9.17) is 9.05 Å². The van der Waals surface area contributed by atoms with E-state index in [1.165, 1.54) is 0 Å². The molecule has 4 aromatic carbocycles. The summed E-state index contributed by atoms with van der Waals surface area (Å²) in [7, 11) is -4.68. The molecule has 0 aromatic heterocycles. The van der Waals surface area contributed by atoms with Gasteiger partial charge in [0.1, 0.15) is 23.0 Å². The second-order valence-corrected chi connectivity index (χ2v) is 12.3. The van der Waals surface area contributed by atoms with Crippen LogP contribution in [-0.2, 0) is 4.57 Å². The average molecular weight is 625 g/mol. The molecule has 4 unspecified atom stereocenters. The van der Waals surface area contributed by atoms with Gasteiger partial charge in [0.2, 0.25) is 0 Å². The largest absolute Gasteiger partial charge is 1.00 e. The van der Waals surface area contributed by atoms with E-state index in [0.717, 1.165) is 47.9 Å². The zero-order valence-electron chi connectivity index (χ0n) is 26.4. The summed E-state index contributed by atoms with van der Waals surface area (Å²) in [6.45, 7) is 8.58. The number of aromatic hydroxyl groups is 2. The van der Waals surface area contributed by atoms with Crippen LogP contribution in [0.2, 0.25) is 0 Å². The van der Waals surface area contributed by atoms with Gasteiger partial charge in [0.15, 0.2) is 0 Å². The van der Waals surface area contributed by atoms with E-state index in [1.807, 2.05) is 48.5 Å². The fourth-order valence-electron chi connectivity index (χ4n) is 6.28. The summed E-state index contributed by atoms with van der Waals surface area (Å²) in [5, 5.41) is 19.4. The van der Waals surface area contributed by atoms with Crippen LogP contribution in [0.25, 0.3) is 0 Å². The number of phenolic OH excluding ortho intramolecular Hbond substituents is 2. The molecule has 8 heteroatoms. The van der Waals surface area contributed by atoms with Crippen molar-refractivity contribution in [1.29, 1.82) is 0 Å². The Hall–Kier alpha value is -2.73. The van der Waals surface area contributed by atoms with Gasteiger partial charge >= 0.3 is 37.4 Å². The summed E-state index contributed by atoms with van der Waals surface area (Å²) in [6.07, 6.45) is 3.68. The van der Waals surface area contributed by atoms with Gasteiger partial charge in [-0.15, -0.1) is 0 Å². The van der Waals surface area contributed by atoms with Gasteiger partial charge in [0, 0.05) is 0 Å². The molecule has 0 spiro atoms. The second kappa shape index (κ2) is 16.5. The van der Waals surface area contributed by atoms with Crippen molar-refractivity contribution in [3.05, 3.63) is 119 Å². The minimum Gasteiger partial charge on any atom is -0.736 e. The maximum atomic E-state index is 12.8. The quantitative estimate of drug-likeness (QED) is 0.124. The van der Waals surface area contributed by atoms with Crippen LogP contribution in [0.1, 0.15) is 99.3 Å². The number of phosphoric acid groups is 1. The molecule has 4 aromatic rings. The molecular weight excluding hydrogens is 582 g/mol. The summed E-state index contributed by atoms with van der Waals surface area (Å²) < 4.78 is 23.4. The van der Waals surface area contributed by atoms with Crippen molar-refractivity contribution in [2.45, 2.75) is 77.0 Å². The van der Waals surface area contributed by atoms with E-state index in [2.05, 4.69) is 27.7 Å². The fraction of sp³-hybridized carbons (Fsp3) is 0.333. The van der Waals surface area contributed by atoms with Gasteiger partial charge in [0.05, 0.1) is 0 Å². The van der Waals surface area contributed by atoms with Crippen molar-refractivity contribution < 1.29 is 58.3 Å². The molecule has 0 amide bonds. The number of phenols is 2. The van der Waals surface area contributed by atoms with Crippen LogP contribution in [0.15, 0.2) is 97.1 Å². The van der Waals surface area contributed by atoms with Gasteiger partial charge in [-0.25, -0.2) is 4.57 Å². The number of hydrogen-bond acceptors (Lipinski definition) is 6. The Balaban J connectivity index is 0.00000529. The van der Waals surface area contributed by atoms with Crippen LogP contribution in [0, 0.1) is 0 Å². The van der Waals surface area contributed by atoms with E-state index in [9.17, 15) is 19.7 Å². The van der Waals surface area contributed by atoms with E-state index in [-0.39, 0.29) is 76.2 Å². The predicted octanol–water partition coefficient (Wildman–Crippen LogP) is 6.40. The number of benzene rings is 4. The standard InChI is InChI=1S/C36H43O6P.Na/c1-5-33(25-9-17-29(37)18-10-25)35(7-3)27-13-21-31(22-14-27)41-43(39,40)42-32-23-15-28(16-24-32)36(8-4)34(6-2)26-11-19-30(38)20-12-26;/h9-24,33-38H,5-8H2,1-4H3,(H,39,40);/q;+1/p-1. The Kier molecular flexibility index (Phi) is 13.4. The normalized spacial score (nSPS) is 15.2. The topological polar surface area (TPSA) is 99.1 Å². The predicted molar refractivity (Wildman–Crippen MR) is 170 cm³/mol. The summed E-state index contributed by atoms with van der Waals surface area (Å²) in [5.41, 5.74) is 4.50. The molecule has 0 aliphatic heterocycles. The molecule has 0 saturated carbocycles. The molecule has 0 heterocycles. The third-order valence-corrected chi connectivity index (χ3v) is 9.29. The monoisotopic (exact) mass is 624 g/mol. The van der Waals surface area contributed by atoms with Crippen molar-refractivity contribution in [2.24, 2.45) is 0 Å². The van der Waals surface area contributed by atoms with Crippen LogP contribution < -0.4 is 43.5 Å². The van der Waals surface area contributed by atoms with Crippen molar-refractivity contribution in [2.75, 3.05) is 0 Å². The Bertz CT molecular complexity index is 1360. The molecule has 0 aliphatic rings. The fourth-order valence-corrected chi connectivity index (χ4v) is 7.08. The molecular formula is C36H42NaO6P. The van der Waals surface area contributed by atoms with Crippen LogP contribution in [0.3, 0.4) is 0 Å². The van der Waals surface area contributed by atoms with Gasteiger partial charge in [-0.1, -0.05) is 76.2 Å². The van der Waals surface area contributed by atoms with Crippen LogP contribution in [-0.4, -0.2) is 10.2 Å². The maximum absolute atomic E-state index is 12.8. The summed E-state index contributed by atoms with van der Waals surface area (Å²) in [4.78, 5) is 12.8. The van der Waals surface area contributed by atoms with Gasteiger partial charge in [-0.05, 0) is 120 Å². The van der Waals surface area contributed by atoms with E-state index >= 15 is 0 Å². The van der Waals surface area contributed by atoms with Gasteiger partial charge in [-0.2, -0.15) is 0 Å². The first-order valence-electron chi connectivity index (χ1n) is 15.2. The van der Waals surface area contributed by atoms with Crippen LogP contribution in [0.4, 0.5) is 0 Å². The average Bonchev–Trinajstić information content (AvgIpc) is 3.00. The van der Waals surface area contributed by atoms with Crippen molar-refractivity contribution in [3.63, 3.8) is 0 Å². The Morgan fingerprint density at radius 2 is 0.750 bits per heavy atom. The summed E-state index contributed by atoms with van der Waals surface area (Å²) in [6, 6.07) is 29.0. The molecule has 4 atom stereocenters. The Labute approximate surface area is 284 Å². The molecule has 44 heavy (non-hydrogen) atoms. The Morgan fingerprint density at radius 1 is 0.523 bits per heavy atom. The molecule has 0 fully saturated rings. The Morgan fingerprint density at radius 3 is 0.977 bits per heavy atom. The zero-order valence-corrected chi connectivity index (χ0v) is 29.2. The van der Waals surface area contributed by atoms with Crippen molar-refractivity contribution in [1.82, 2.24) is 0 Å². The van der Waals surface area contributed by atoms with Crippen LogP contribution >= 0.6 is 7.82 Å². The van der Waals surface area contributed by atoms with Crippen molar-refractivity contribution in [3.8, 4) is 23.0 Å². The number of hydrogen-bond donors (Lipinski definition) is 2. The first kappa shape index (κ1) is 35.7. The van der Waals surface area contributed by atoms with Gasteiger partial charge < -0.3 is 24.2 Å². The van der Waals surface area contributed by atoms with Gasteiger partial charge in [-0.3, -0.25) is 0 Å². The minimum atomic E-state index is -4.68. The number of rotatable bonds is 14. The summed E-state index contributed by atoms with van der Waals surface area (Å²) >= 11 is 0. The van der Waals surface area contributed by atoms with Crippen LogP contribution in [0.5, 0.6) is 23.0 Å². The molecule has 0 radical (unpaired) electrons. The molecule has 228 valence electrons. The van der Waals surface area contributed by atoms with Gasteiger partial charge in [0.25, 0.3) is 0 Å². The zero-order chi connectivity index (χ0) is 31.0. The minimum absolute atomic E-state index is 0. The second-order valence-electron chi connectivity index (χ2n) is 11.0. The molecule has 4 rings (SSSR count). The molecule has 0 bridgehead atoms. The maximum Gasteiger partial charge on any atom is 1.00 e. The van der Waals surface area contributed by atoms with Crippen molar-refractivity contribution >= 4 is 7.82 Å². The molecule has 0 saturated heterocycles.